The molecule has 90 valence electrons. The average Bonchev–Trinajstić information content (AvgIpc) is 2.80. The molecule has 0 radical (unpaired) electrons. The van der Waals surface area contributed by atoms with E-state index in [1.807, 2.05) is 27.1 Å². The van der Waals surface area contributed by atoms with Gasteiger partial charge in [-0.15, -0.1) is 11.3 Å². The van der Waals surface area contributed by atoms with E-state index in [1.165, 1.54) is 12.8 Å². The van der Waals surface area contributed by atoms with Crippen molar-refractivity contribution in [3.8, 4) is 0 Å². The number of fused-ring (bicyclic) bond motifs is 1. The Bertz CT molecular complexity index is 494. The Morgan fingerprint density at radius 1 is 1.24 bits per heavy atom. The number of nitrogens with zero attached hydrogens (tertiary/aromatic N) is 3. The molecule has 0 bridgehead atoms. The Hall–Kier alpha value is -1.36. The molecule has 1 fully saturated rings. The fourth-order valence-corrected chi connectivity index (χ4v) is 2.97. The Kier molecular flexibility index (Phi) is 2.84. The van der Waals surface area contributed by atoms with E-state index in [4.69, 9.17) is 0 Å². The van der Waals surface area contributed by atoms with Crippen molar-refractivity contribution in [3.05, 3.63) is 23.5 Å². The van der Waals surface area contributed by atoms with Gasteiger partial charge in [0.15, 0.2) is 4.96 Å². The largest absolute Gasteiger partial charge is 0.337 e. The van der Waals surface area contributed by atoms with Crippen LogP contribution in [0.3, 0.4) is 0 Å². The third kappa shape index (κ3) is 2.07. The third-order valence-corrected chi connectivity index (χ3v) is 3.98. The summed E-state index contributed by atoms with van der Waals surface area (Å²) in [5.41, 5.74) is 0.582. The molecule has 0 atom stereocenters. The van der Waals surface area contributed by atoms with Crippen molar-refractivity contribution >= 4 is 22.2 Å². The number of carbonyl (C=O) groups is 1. The van der Waals surface area contributed by atoms with Crippen molar-refractivity contribution in [1.29, 1.82) is 0 Å². The lowest BCUT2D eigenvalue weighted by atomic mass is 10.2. The van der Waals surface area contributed by atoms with Crippen LogP contribution in [0.15, 0.2) is 17.8 Å². The third-order valence-electron chi connectivity index (χ3n) is 3.21. The van der Waals surface area contributed by atoms with Gasteiger partial charge in [0.25, 0.3) is 5.91 Å². The van der Waals surface area contributed by atoms with Gasteiger partial charge in [0.05, 0.1) is 0 Å². The first-order valence-corrected chi connectivity index (χ1v) is 6.94. The maximum Gasteiger partial charge on any atom is 0.274 e. The fraction of sp³-hybridized carbons (Fsp3) is 0.500. The topological polar surface area (TPSA) is 37.6 Å². The SMILES string of the molecule is O=C(c1cn2ccsc2n1)N1CCCCCC1. The molecule has 2 aromatic rings. The highest BCUT2D eigenvalue weighted by Crippen LogP contribution is 2.15. The molecule has 4 nitrogen and oxygen atoms in total. The highest BCUT2D eigenvalue weighted by molar-refractivity contribution is 7.15. The minimum absolute atomic E-state index is 0.0859. The summed E-state index contributed by atoms with van der Waals surface area (Å²) in [4.78, 5) is 19.5. The summed E-state index contributed by atoms with van der Waals surface area (Å²) >= 11 is 1.56. The van der Waals surface area contributed by atoms with E-state index >= 15 is 0 Å². The van der Waals surface area contributed by atoms with Gasteiger partial charge in [-0.2, -0.15) is 0 Å². The zero-order chi connectivity index (χ0) is 11.7. The summed E-state index contributed by atoms with van der Waals surface area (Å²) in [5.74, 6) is 0.0859. The van der Waals surface area contributed by atoms with Crippen LogP contribution in [0.4, 0.5) is 0 Å². The van der Waals surface area contributed by atoms with Crippen LogP contribution in [-0.4, -0.2) is 33.3 Å². The van der Waals surface area contributed by atoms with Crippen LogP contribution in [0, 0.1) is 0 Å². The van der Waals surface area contributed by atoms with Crippen molar-refractivity contribution < 1.29 is 4.79 Å². The Morgan fingerprint density at radius 2 is 2.00 bits per heavy atom. The molecule has 0 spiro atoms. The highest BCUT2D eigenvalue weighted by Gasteiger charge is 2.19. The monoisotopic (exact) mass is 249 g/mol. The van der Waals surface area contributed by atoms with Crippen LogP contribution in [-0.2, 0) is 0 Å². The van der Waals surface area contributed by atoms with E-state index in [2.05, 4.69) is 4.98 Å². The fourth-order valence-electron chi connectivity index (χ4n) is 2.27. The number of amides is 1. The van der Waals surface area contributed by atoms with Gasteiger partial charge in [0.1, 0.15) is 5.69 Å². The molecule has 3 rings (SSSR count). The summed E-state index contributed by atoms with van der Waals surface area (Å²) in [6.07, 6.45) is 8.48. The minimum atomic E-state index is 0.0859. The second-order valence-electron chi connectivity index (χ2n) is 4.43. The van der Waals surface area contributed by atoms with Gasteiger partial charge in [0, 0.05) is 30.9 Å². The van der Waals surface area contributed by atoms with E-state index < -0.39 is 0 Å². The van der Waals surface area contributed by atoms with Crippen molar-refractivity contribution in [2.45, 2.75) is 25.7 Å². The molecular formula is C12H15N3OS. The number of hydrogen-bond donors (Lipinski definition) is 0. The first kappa shape index (κ1) is 10.8. The van der Waals surface area contributed by atoms with Gasteiger partial charge >= 0.3 is 0 Å². The van der Waals surface area contributed by atoms with Crippen LogP contribution in [0.1, 0.15) is 36.2 Å². The normalized spacial score (nSPS) is 17.3. The molecule has 17 heavy (non-hydrogen) atoms. The molecule has 3 heterocycles. The predicted molar refractivity (Wildman–Crippen MR) is 67.4 cm³/mol. The molecule has 1 aliphatic heterocycles. The predicted octanol–water partition coefficient (Wildman–Crippen LogP) is 2.41. The molecule has 1 saturated heterocycles. The Morgan fingerprint density at radius 3 is 2.71 bits per heavy atom. The van der Waals surface area contributed by atoms with Crippen LogP contribution < -0.4 is 0 Å². The first-order chi connectivity index (χ1) is 8.34. The van der Waals surface area contributed by atoms with Gasteiger partial charge in [-0.1, -0.05) is 12.8 Å². The summed E-state index contributed by atoms with van der Waals surface area (Å²) in [5, 5.41) is 1.97. The Labute approximate surface area is 104 Å². The van der Waals surface area contributed by atoms with Crippen molar-refractivity contribution in [1.82, 2.24) is 14.3 Å². The van der Waals surface area contributed by atoms with Crippen LogP contribution in [0.25, 0.3) is 4.96 Å². The minimum Gasteiger partial charge on any atom is -0.337 e. The van der Waals surface area contributed by atoms with Gasteiger partial charge in [-0.25, -0.2) is 4.98 Å². The maximum atomic E-state index is 12.3. The van der Waals surface area contributed by atoms with Gasteiger partial charge in [-0.3, -0.25) is 9.20 Å². The van der Waals surface area contributed by atoms with Crippen molar-refractivity contribution in [2.75, 3.05) is 13.1 Å². The molecule has 2 aromatic heterocycles. The zero-order valence-electron chi connectivity index (χ0n) is 9.63. The lowest BCUT2D eigenvalue weighted by Gasteiger charge is -2.18. The lowest BCUT2D eigenvalue weighted by Crippen LogP contribution is -2.32. The molecule has 0 saturated carbocycles. The number of likely N-dealkylation sites (tertiary alicyclic amines) is 1. The summed E-state index contributed by atoms with van der Waals surface area (Å²) in [6.45, 7) is 1.76. The van der Waals surface area contributed by atoms with Crippen LogP contribution >= 0.6 is 11.3 Å². The highest BCUT2D eigenvalue weighted by atomic mass is 32.1. The van der Waals surface area contributed by atoms with Gasteiger partial charge in [-0.05, 0) is 12.8 Å². The molecule has 1 amide bonds. The molecule has 0 unspecified atom stereocenters. The first-order valence-electron chi connectivity index (χ1n) is 6.06. The van der Waals surface area contributed by atoms with Crippen LogP contribution in [0.2, 0.25) is 0 Å². The molecule has 5 heteroatoms. The van der Waals surface area contributed by atoms with Crippen molar-refractivity contribution in [3.63, 3.8) is 0 Å². The summed E-state index contributed by atoms with van der Waals surface area (Å²) < 4.78 is 1.91. The lowest BCUT2D eigenvalue weighted by molar-refractivity contribution is 0.0756. The number of carbonyl (C=O) groups excluding carboxylic acids is 1. The molecular weight excluding hydrogens is 234 g/mol. The second kappa shape index (κ2) is 4.49. The van der Waals surface area contributed by atoms with Crippen molar-refractivity contribution in [2.24, 2.45) is 0 Å². The number of rotatable bonds is 1. The van der Waals surface area contributed by atoms with E-state index in [9.17, 15) is 4.79 Å². The van der Waals surface area contributed by atoms with Gasteiger partial charge < -0.3 is 4.90 Å². The smallest absolute Gasteiger partial charge is 0.274 e. The number of imidazole rings is 1. The van der Waals surface area contributed by atoms with E-state index in [0.29, 0.717) is 5.69 Å². The standard InChI is InChI=1S/C12H15N3OS/c16-11(14-5-3-1-2-4-6-14)10-9-15-7-8-17-12(15)13-10/h7-9H,1-6H2. The number of thiazole rings is 1. The molecule has 0 aromatic carbocycles. The number of aromatic nitrogens is 2. The van der Waals surface area contributed by atoms with Crippen LogP contribution in [0.5, 0.6) is 0 Å². The van der Waals surface area contributed by atoms with E-state index in [1.54, 1.807) is 11.3 Å². The average molecular weight is 249 g/mol. The van der Waals surface area contributed by atoms with E-state index in [0.717, 1.165) is 30.9 Å². The van der Waals surface area contributed by atoms with E-state index in [-0.39, 0.29) is 5.91 Å². The maximum absolute atomic E-state index is 12.3. The molecule has 1 aliphatic rings. The quantitative estimate of drug-likeness (QED) is 0.778. The zero-order valence-corrected chi connectivity index (χ0v) is 10.4. The number of hydrogen-bond acceptors (Lipinski definition) is 3. The Balaban J connectivity index is 1.82. The summed E-state index contributed by atoms with van der Waals surface area (Å²) in [7, 11) is 0. The molecule has 0 aliphatic carbocycles. The molecule has 0 N–H and O–H groups in total. The summed E-state index contributed by atoms with van der Waals surface area (Å²) in [6, 6.07) is 0. The van der Waals surface area contributed by atoms with Gasteiger partial charge in [0.2, 0.25) is 0 Å². The second-order valence-corrected chi connectivity index (χ2v) is 5.30.